The third kappa shape index (κ3) is 3.14. The maximum Gasteiger partial charge on any atom is 0.255 e. The van der Waals surface area contributed by atoms with Crippen LogP contribution >= 0.6 is 0 Å². The number of aromatic nitrogens is 3. The van der Waals surface area contributed by atoms with Crippen molar-refractivity contribution in [1.29, 1.82) is 0 Å². The minimum absolute atomic E-state index is 0.168. The topological polar surface area (TPSA) is 85.8 Å². The largest absolute Gasteiger partial charge is 0.384 e. The molecule has 0 unspecified atom stereocenters. The molecule has 6 heteroatoms. The molecule has 0 saturated heterocycles. The van der Waals surface area contributed by atoms with Crippen LogP contribution in [-0.2, 0) is 12.5 Å². The van der Waals surface area contributed by atoms with E-state index >= 15 is 0 Å². The van der Waals surface area contributed by atoms with Crippen LogP contribution in [0.1, 0.15) is 36.8 Å². The molecule has 2 aromatic rings. The summed E-state index contributed by atoms with van der Waals surface area (Å²) in [6.45, 7) is 6.08. The second kappa shape index (κ2) is 4.96. The number of hydrogen-bond acceptors (Lipinski definition) is 4. The maximum atomic E-state index is 12.2. The molecule has 106 valence electrons. The van der Waals surface area contributed by atoms with Crippen molar-refractivity contribution in [3.8, 4) is 0 Å². The molecule has 0 atom stereocenters. The molecule has 2 heterocycles. The number of hydrogen-bond donors (Lipinski definition) is 2. The molecule has 0 spiro atoms. The van der Waals surface area contributed by atoms with E-state index in [1.807, 2.05) is 20.8 Å². The Kier molecular flexibility index (Phi) is 3.48. The van der Waals surface area contributed by atoms with Crippen molar-refractivity contribution < 1.29 is 4.79 Å². The van der Waals surface area contributed by atoms with Crippen molar-refractivity contribution >= 4 is 17.4 Å². The Hall–Kier alpha value is -2.37. The van der Waals surface area contributed by atoms with E-state index in [0.717, 1.165) is 5.69 Å². The molecule has 6 nitrogen and oxygen atoms in total. The molecule has 20 heavy (non-hydrogen) atoms. The lowest BCUT2D eigenvalue weighted by Gasteiger charge is -2.18. The highest BCUT2D eigenvalue weighted by molar-refractivity contribution is 6.04. The first-order valence-corrected chi connectivity index (χ1v) is 6.34. The average molecular weight is 273 g/mol. The zero-order valence-electron chi connectivity index (χ0n) is 12.1. The Bertz CT molecular complexity index is 639. The molecule has 2 rings (SSSR count). The molecular weight excluding hydrogens is 254 g/mol. The second-order valence-corrected chi connectivity index (χ2v) is 5.77. The summed E-state index contributed by atoms with van der Waals surface area (Å²) in [5, 5.41) is 6.78. The predicted molar refractivity (Wildman–Crippen MR) is 78.5 cm³/mol. The lowest BCUT2D eigenvalue weighted by molar-refractivity contribution is 0.102. The quantitative estimate of drug-likeness (QED) is 0.875. The Balaban J connectivity index is 2.28. The van der Waals surface area contributed by atoms with Gasteiger partial charge in [-0.3, -0.25) is 9.48 Å². The molecule has 2 aromatic heterocycles. The molecule has 0 aliphatic heterocycles. The summed E-state index contributed by atoms with van der Waals surface area (Å²) in [6, 6.07) is 3.34. The van der Waals surface area contributed by atoms with Gasteiger partial charge in [-0.15, -0.1) is 0 Å². The number of nitrogens with zero attached hydrogens (tertiary/aromatic N) is 3. The monoisotopic (exact) mass is 273 g/mol. The number of nitrogens with two attached hydrogens (primary N) is 1. The summed E-state index contributed by atoms with van der Waals surface area (Å²) in [7, 11) is 1.79. The van der Waals surface area contributed by atoms with E-state index < -0.39 is 0 Å². The van der Waals surface area contributed by atoms with Crippen molar-refractivity contribution in [1.82, 2.24) is 14.8 Å². The third-order valence-electron chi connectivity index (χ3n) is 2.84. The van der Waals surface area contributed by atoms with Crippen molar-refractivity contribution in [3.05, 3.63) is 35.8 Å². The minimum Gasteiger partial charge on any atom is -0.384 e. The molecular formula is C14H19N5O. The lowest BCUT2D eigenvalue weighted by atomic mass is 9.90. The van der Waals surface area contributed by atoms with Gasteiger partial charge in [-0.25, -0.2) is 4.98 Å². The zero-order chi connectivity index (χ0) is 14.9. The molecule has 0 saturated carbocycles. The van der Waals surface area contributed by atoms with E-state index in [2.05, 4.69) is 15.4 Å². The molecule has 0 aliphatic carbocycles. The lowest BCUT2D eigenvalue weighted by Crippen LogP contribution is -2.18. The van der Waals surface area contributed by atoms with E-state index in [-0.39, 0.29) is 11.3 Å². The summed E-state index contributed by atoms with van der Waals surface area (Å²) in [5.41, 5.74) is 7.54. The van der Waals surface area contributed by atoms with Gasteiger partial charge in [0, 0.05) is 29.9 Å². The fourth-order valence-electron chi connectivity index (χ4n) is 1.76. The van der Waals surface area contributed by atoms with E-state index in [1.165, 1.54) is 0 Å². The van der Waals surface area contributed by atoms with Gasteiger partial charge < -0.3 is 11.1 Å². The van der Waals surface area contributed by atoms with Gasteiger partial charge in [0.15, 0.2) is 0 Å². The summed E-state index contributed by atoms with van der Waals surface area (Å²) in [4.78, 5) is 16.5. The van der Waals surface area contributed by atoms with Crippen molar-refractivity contribution in [2.24, 2.45) is 7.05 Å². The highest BCUT2D eigenvalue weighted by atomic mass is 16.1. The highest BCUT2D eigenvalue weighted by Crippen LogP contribution is 2.23. The fourth-order valence-corrected chi connectivity index (χ4v) is 1.76. The van der Waals surface area contributed by atoms with Gasteiger partial charge in [0.05, 0.1) is 11.9 Å². The van der Waals surface area contributed by atoms with Crippen LogP contribution in [0, 0.1) is 0 Å². The summed E-state index contributed by atoms with van der Waals surface area (Å²) < 4.78 is 1.62. The van der Waals surface area contributed by atoms with Gasteiger partial charge in [-0.2, -0.15) is 5.10 Å². The van der Waals surface area contributed by atoms with Crippen molar-refractivity contribution in [2.75, 3.05) is 11.1 Å². The third-order valence-corrected chi connectivity index (χ3v) is 2.84. The summed E-state index contributed by atoms with van der Waals surface area (Å²) >= 11 is 0. The summed E-state index contributed by atoms with van der Waals surface area (Å²) in [5.74, 6) is 0.117. The summed E-state index contributed by atoms with van der Waals surface area (Å²) in [6.07, 6.45) is 3.32. The predicted octanol–water partition coefficient (Wildman–Crippen LogP) is 1.95. The second-order valence-electron chi connectivity index (χ2n) is 5.77. The first kappa shape index (κ1) is 14.0. The molecule has 3 N–H and O–H groups in total. The first-order valence-electron chi connectivity index (χ1n) is 6.34. The van der Waals surface area contributed by atoms with Crippen LogP contribution in [0.15, 0.2) is 24.5 Å². The number of nitrogens with one attached hydrogen (secondary N) is 1. The van der Waals surface area contributed by atoms with Crippen LogP contribution in [0.4, 0.5) is 11.5 Å². The molecule has 1 amide bonds. The number of nitrogen functional groups attached to an aromatic ring is 1. The number of aryl methyl sites for hydroxylation is 1. The van der Waals surface area contributed by atoms with Crippen molar-refractivity contribution in [3.63, 3.8) is 0 Å². The van der Waals surface area contributed by atoms with E-state index in [0.29, 0.717) is 17.1 Å². The Labute approximate surface area is 118 Å². The van der Waals surface area contributed by atoms with Crippen molar-refractivity contribution in [2.45, 2.75) is 26.2 Å². The number of carbonyl (C=O) groups excluding carboxylic acids is 1. The fraction of sp³-hybridized carbons (Fsp3) is 0.357. The Morgan fingerprint density at radius 1 is 1.35 bits per heavy atom. The molecule has 0 fully saturated rings. The van der Waals surface area contributed by atoms with Gasteiger partial charge in [0.1, 0.15) is 5.82 Å². The number of carbonyl (C=O) groups is 1. The average Bonchev–Trinajstić information content (AvgIpc) is 2.72. The normalized spacial score (nSPS) is 11.4. The number of amides is 1. The zero-order valence-corrected chi connectivity index (χ0v) is 12.1. The van der Waals surface area contributed by atoms with Gasteiger partial charge in [-0.1, -0.05) is 20.8 Å². The van der Waals surface area contributed by atoms with Gasteiger partial charge in [0.25, 0.3) is 5.91 Å². The Morgan fingerprint density at radius 2 is 2.05 bits per heavy atom. The van der Waals surface area contributed by atoms with E-state index in [9.17, 15) is 4.79 Å². The SMILES string of the molecule is Cn1cc(NC(=O)c2cc(N)nc(C(C)(C)C)c2)cn1. The van der Waals surface area contributed by atoms with Crippen LogP contribution in [0.25, 0.3) is 0 Å². The van der Waals surface area contributed by atoms with Gasteiger partial charge in [-0.05, 0) is 12.1 Å². The van der Waals surface area contributed by atoms with E-state index in [1.54, 1.807) is 36.3 Å². The molecule has 0 bridgehead atoms. The van der Waals surface area contributed by atoms with E-state index in [4.69, 9.17) is 5.73 Å². The standard InChI is InChI=1S/C14H19N5O/c1-14(2,3)11-5-9(6-12(15)18-11)13(20)17-10-7-16-19(4)8-10/h5-8H,1-4H3,(H2,15,18)(H,17,20). The molecule has 0 aromatic carbocycles. The molecule has 0 aliphatic rings. The van der Waals surface area contributed by atoms with Crippen LogP contribution in [0.2, 0.25) is 0 Å². The highest BCUT2D eigenvalue weighted by Gasteiger charge is 2.19. The van der Waals surface area contributed by atoms with Gasteiger partial charge in [0.2, 0.25) is 0 Å². The Morgan fingerprint density at radius 3 is 2.60 bits per heavy atom. The number of anilines is 2. The smallest absolute Gasteiger partial charge is 0.255 e. The van der Waals surface area contributed by atoms with Gasteiger partial charge >= 0.3 is 0 Å². The minimum atomic E-state index is -0.224. The van der Waals surface area contributed by atoms with Crippen LogP contribution < -0.4 is 11.1 Å². The maximum absolute atomic E-state index is 12.2. The van der Waals surface area contributed by atoms with Crippen LogP contribution in [0.5, 0.6) is 0 Å². The number of rotatable bonds is 2. The molecule has 0 radical (unpaired) electrons. The first-order chi connectivity index (χ1) is 9.25. The number of pyridine rings is 1. The van der Waals surface area contributed by atoms with Crippen LogP contribution in [-0.4, -0.2) is 20.7 Å². The van der Waals surface area contributed by atoms with Crippen LogP contribution in [0.3, 0.4) is 0 Å².